The minimum Gasteiger partial charge on any atom is -0.373 e. The average Bonchev–Trinajstić information content (AvgIpc) is 2.73. The maximum absolute atomic E-state index is 5.94. The van der Waals surface area contributed by atoms with Crippen LogP contribution in [0.3, 0.4) is 0 Å². The van der Waals surface area contributed by atoms with E-state index in [1.54, 1.807) is 0 Å². The first-order chi connectivity index (χ1) is 13.7. The van der Waals surface area contributed by atoms with Gasteiger partial charge in [0.2, 0.25) is 0 Å². The van der Waals surface area contributed by atoms with E-state index in [0.717, 1.165) is 25.7 Å². The highest BCUT2D eigenvalue weighted by Gasteiger charge is 2.32. The molecule has 3 nitrogen and oxygen atoms in total. The van der Waals surface area contributed by atoms with Crippen molar-refractivity contribution in [2.75, 3.05) is 18.0 Å². The second kappa shape index (κ2) is 12.0. The molecule has 30 heavy (non-hydrogen) atoms. The van der Waals surface area contributed by atoms with E-state index in [1.807, 2.05) is 0 Å². The Morgan fingerprint density at radius 1 is 0.800 bits per heavy atom. The summed E-state index contributed by atoms with van der Waals surface area (Å²) in [6, 6.07) is 23.2. The molecule has 1 heterocycles. The summed E-state index contributed by atoms with van der Waals surface area (Å²) in [5.41, 5.74) is 2.74. The van der Waals surface area contributed by atoms with Crippen molar-refractivity contribution in [3.63, 3.8) is 0 Å². The molecule has 166 valence electrons. The highest BCUT2D eigenvalue weighted by atomic mass is 35.5. The quantitative estimate of drug-likeness (QED) is 0.558. The van der Waals surface area contributed by atoms with Gasteiger partial charge in [0.05, 0.1) is 12.2 Å². The lowest BCUT2D eigenvalue weighted by Gasteiger charge is -2.45. The second-order valence-corrected chi connectivity index (χ2v) is 8.62. The molecule has 0 aromatic heterocycles. The van der Waals surface area contributed by atoms with Crippen LogP contribution in [0.5, 0.6) is 0 Å². The molecule has 0 amide bonds. The molecule has 1 aliphatic carbocycles. The normalized spacial score (nSPS) is 26.9. The Morgan fingerprint density at radius 2 is 1.33 bits per heavy atom. The summed E-state index contributed by atoms with van der Waals surface area (Å²) in [5.74, 6) is 0. The zero-order valence-electron chi connectivity index (χ0n) is 18.2. The minimum atomic E-state index is 0. The molecule has 0 radical (unpaired) electrons. The van der Waals surface area contributed by atoms with Gasteiger partial charge in [-0.25, -0.2) is 0 Å². The molecule has 1 saturated heterocycles. The number of para-hydroxylation sites is 1. The lowest BCUT2D eigenvalue weighted by Crippen LogP contribution is -2.52. The van der Waals surface area contributed by atoms with Gasteiger partial charge in [-0.3, -0.25) is 4.90 Å². The van der Waals surface area contributed by atoms with Crippen molar-refractivity contribution in [1.82, 2.24) is 4.90 Å². The molecule has 0 N–H and O–H groups in total. The van der Waals surface area contributed by atoms with E-state index >= 15 is 0 Å². The maximum atomic E-state index is 5.94. The third-order valence-corrected chi connectivity index (χ3v) is 6.35. The second-order valence-electron chi connectivity index (χ2n) is 8.62. The molecule has 2 unspecified atom stereocenters. The van der Waals surface area contributed by atoms with Crippen LogP contribution in [0.2, 0.25) is 0 Å². The molecule has 2 fully saturated rings. The Labute approximate surface area is 194 Å². The van der Waals surface area contributed by atoms with Crippen molar-refractivity contribution in [2.24, 2.45) is 0 Å². The van der Waals surface area contributed by atoms with Crippen molar-refractivity contribution in [2.45, 2.75) is 70.4 Å². The number of rotatable bonds is 5. The van der Waals surface area contributed by atoms with E-state index in [0.29, 0.717) is 18.2 Å². The molecule has 4 rings (SSSR count). The molecule has 2 aromatic carbocycles. The van der Waals surface area contributed by atoms with Gasteiger partial charge in [0.25, 0.3) is 0 Å². The lowest BCUT2D eigenvalue weighted by molar-refractivity contribution is -0.0844. The van der Waals surface area contributed by atoms with E-state index in [1.165, 1.54) is 36.9 Å². The predicted octanol–water partition coefficient (Wildman–Crippen LogP) is 5.96. The largest absolute Gasteiger partial charge is 0.373 e. The third-order valence-electron chi connectivity index (χ3n) is 6.35. The fourth-order valence-electron chi connectivity index (χ4n) is 5.08. The van der Waals surface area contributed by atoms with Crippen LogP contribution in [0, 0.1) is 0 Å². The minimum absolute atomic E-state index is 0. The summed E-state index contributed by atoms with van der Waals surface area (Å²) in [6.07, 6.45) is 5.85. The summed E-state index contributed by atoms with van der Waals surface area (Å²) < 4.78 is 5.94. The Kier molecular flexibility index (Phi) is 9.96. The summed E-state index contributed by atoms with van der Waals surface area (Å²) in [6.45, 7) is 7.60. The van der Waals surface area contributed by atoms with Gasteiger partial charge in [0.15, 0.2) is 0 Å². The summed E-state index contributed by atoms with van der Waals surface area (Å²) in [7, 11) is 0. The van der Waals surface area contributed by atoms with Gasteiger partial charge in [-0.05, 0) is 57.2 Å². The zero-order valence-corrected chi connectivity index (χ0v) is 19.8. The number of anilines is 1. The molecule has 0 spiro atoms. The number of halogens is 2. The monoisotopic (exact) mass is 450 g/mol. The van der Waals surface area contributed by atoms with E-state index in [4.69, 9.17) is 4.74 Å². The Morgan fingerprint density at radius 3 is 1.90 bits per heavy atom. The molecule has 0 bridgehead atoms. The molecular weight excluding hydrogens is 415 g/mol. The van der Waals surface area contributed by atoms with E-state index in [2.05, 4.69) is 84.3 Å². The number of morpholine rings is 1. The van der Waals surface area contributed by atoms with Crippen LogP contribution in [0.1, 0.15) is 45.1 Å². The first kappa shape index (κ1) is 25.0. The van der Waals surface area contributed by atoms with Crippen LogP contribution in [-0.4, -0.2) is 42.3 Å². The van der Waals surface area contributed by atoms with Gasteiger partial charge < -0.3 is 9.64 Å². The third kappa shape index (κ3) is 6.37. The van der Waals surface area contributed by atoms with Crippen LogP contribution >= 0.6 is 24.8 Å². The molecule has 2 aromatic rings. The highest BCUT2D eigenvalue weighted by molar-refractivity contribution is 5.85. The molecule has 2 atom stereocenters. The van der Waals surface area contributed by atoms with Crippen molar-refractivity contribution >= 4 is 30.5 Å². The number of benzene rings is 2. The van der Waals surface area contributed by atoms with Gasteiger partial charge in [0.1, 0.15) is 0 Å². The van der Waals surface area contributed by atoms with Crippen molar-refractivity contribution in [3.05, 3.63) is 66.2 Å². The number of hydrogen-bond acceptors (Lipinski definition) is 3. The van der Waals surface area contributed by atoms with Crippen LogP contribution in [0.15, 0.2) is 60.7 Å². The first-order valence-electron chi connectivity index (χ1n) is 10.9. The van der Waals surface area contributed by atoms with E-state index < -0.39 is 0 Å². The first-order valence-corrected chi connectivity index (χ1v) is 10.9. The van der Waals surface area contributed by atoms with Gasteiger partial charge in [-0.2, -0.15) is 0 Å². The Hall–Kier alpha value is -1.26. The summed E-state index contributed by atoms with van der Waals surface area (Å²) in [5, 5.41) is 0. The fraction of sp³-hybridized carbons (Fsp3) is 0.520. The van der Waals surface area contributed by atoms with E-state index in [-0.39, 0.29) is 24.8 Å². The Bertz CT molecular complexity index is 712. The van der Waals surface area contributed by atoms with Crippen LogP contribution in [0.25, 0.3) is 0 Å². The maximum Gasteiger partial charge on any atom is 0.0678 e. The lowest BCUT2D eigenvalue weighted by atomic mass is 9.88. The van der Waals surface area contributed by atoms with Gasteiger partial charge in [-0.1, -0.05) is 48.5 Å². The summed E-state index contributed by atoms with van der Waals surface area (Å²) in [4.78, 5) is 5.33. The molecular formula is C25H36Cl2N2O. The Balaban J connectivity index is 0.00000160. The van der Waals surface area contributed by atoms with Gasteiger partial charge in [-0.15, -0.1) is 24.8 Å². The number of nitrogens with zero attached hydrogens (tertiary/aromatic N) is 2. The fourth-order valence-corrected chi connectivity index (χ4v) is 5.08. The van der Waals surface area contributed by atoms with Crippen molar-refractivity contribution in [1.29, 1.82) is 0 Å². The van der Waals surface area contributed by atoms with Crippen molar-refractivity contribution < 1.29 is 4.74 Å². The molecule has 1 aliphatic heterocycles. The van der Waals surface area contributed by atoms with Crippen molar-refractivity contribution in [3.8, 4) is 0 Å². The van der Waals surface area contributed by atoms with E-state index in [9.17, 15) is 0 Å². The zero-order chi connectivity index (χ0) is 19.3. The summed E-state index contributed by atoms with van der Waals surface area (Å²) >= 11 is 0. The molecule has 2 aliphatic rings. The van der Waals surface area contributed by atoms with Gasteiger partial charge in [0, 0.05) is 37.4 Å². The van der Waals surface area contributed by atoms with Gasteiger partial charge >= 0.3 is 0 Å². The average molecular weight is 451 g/mol. The van der Waals surface area contributed by atoms with Crippen LogP contribution < -0.4 is 4.90 Å². The molecule has 1 saturated carbocycles. The smallest absolute Gasteiger partial charge is 0.0678 e. The SMILES string of the molecule is CC1CN([C@H]2CC[C@@H](N(Cc3ccccc3)c3ccccc3)CC2)CC(C)O1.Cl.Cl. The van der Waals surface area contributed by atoms with Crippen LogP contribution in [0.4, 0.5) is 5.69 Å². The number of hydrogen-bond donors (Lipinski definition) is 0. The molecule has 5 heteroatoms. The standard InChI is InChI=1S/C25H34N2O.2ClH/c1-20-17-26(18-21(2)28-20)23-13-15-25(16-14-23)27(24-11-7-4-8-12-24)19-22-9-5-3-6-10-22;;/h3-12,20-21,23,25H,13-19H2,1-2H3;2*1H/t20?,21?,23-,25+;;. The number of ether oxygens (including phenoxy) is 1. The highest BCUT2D eigenvalue weighted by Crippen LogP contribution is 2.32. The topological polar surface area (TPSA) is 15.7 Å². The predicted molar refractivity (Wildman–Crippen MR) is 131 cm³/mol. The van der Waals surface area contributed by atoms with Crippen LogP contribution in [-0.2, 0) is 11.3 Å².